The molecule has 8 heteroatoms. The highest BCUT2D eigenvalue weighted by Crippen LogP contribution is 2.28. The number of carbonyl (C=O) groups excluding carboxylic acids is 1. The van der Waals surface area contributed by atoms with E-state index in [0.717, 1.165) is 67.0 Å². The Bertz CT molecular complexity index is 1170. The molecule has 1 N–H and O–H groups in total. The van der Waals surface area contributed by atoms with E-state index in [0.29, 0.717) is 25.4 Å². The van der Waals surface area contributed by atoms with Gasteiger partial charge in [-0.15, -0.1) is 0 Å². The fraction of sp³-hybridized carbons (Fsp3) is 0.462. The minimum Gasteiger partial charge on any atom is -0.461 e. The highest BCUT2D eigenvalue weighted by Gasteiger charge is 2.23. The van der Waals surface area contributed by atoms with Crippen LogP contribution in [-0.4, -0.2) is 84.8 Å². The van der Waals surface area contributed by atoms with Crippen LogP contribution in [0.15, 0.2) is 42.5 Å². The number of piperazine rings is 1. The number of likely N-dealkylation sites (N-methyl/N-ethyl adjacent to an activating group) is 1. The van der Waals surface area contributed by atoms with Crippen molar-refractivity contribution in [3.05, 3.63) is 53.7 Å². The van der Waals surface area contributed by atoms with Crippen LogP contribution in [0.4, 0.5) is 11.4 Å². The number of fused-ring (bicyclic) bond motifs is 1. The predicted octanol–water partition coefficient (Wildman–Crippen LogP) is 2.58. The van der Waals surface area contributed by atoms with Gasteiger partial charge in [0.2, 0.25) is 0 Å². The van der Waals surface area contributed by atoms with Gasteiger partial charge in [-0.3, -0.25) is 4.68 Å². The van der Waals surface area contributed by atoms with E-state index >= 15 is 0 Å². The van der Waals surface area contributed by atoms with Gasteiger partial charge in [-0.05, 0) is 56.3 Å². The largest absolute Gasteiger partial charge is 0.461 e. The molecule has 5 rings (SSSR count). The quantitative estimate of drug-likeness (QED) is 0.563. The zero-order valence-corrected chi connectivity index (χ0v) is 20.0. The van der Waals surface area contributed by atoms with Crippen molar-refractivity contribution in [3.8, 4) is 0 Å². The first-order valence-electron chi connectivity index (χ1n) is 12.1. The second kappa shape index (κ2) is 9.64. The van der Waals surface area contributed by atoms with Crippen molar-refractivity contribution in [3.63, 3.8) is 0 Å². The van der Waals surface area contributed by atoms with E-state index in [1.165, 1.54) is 0 Å². The molecule has 2 aliphatic heterocycles. The van der Waals surface area contributed by atoms with Crippen LogP contribution >= 0.6 is 0 Å². The lowest BCUT2D eigenvalue weighted by Crippen LogP contribution is -2.44. The number of ether oxygens (including phenoxy) is 1. The number of rotatable bonds is 6. The fourth-order valence-corrected chi connectivity index (χ4v) is 4.90. The topological polar surface area (TPSA) is 74.1 Å². The van der Waals surface area contributed by atoms with E-state index in [4.69, 9.17) is 9.84 Å². The van der Waals surface area contributed by atoms with Crippen molar-refractivity contribution in [1.82, 2.24) is 14.7 Å². The Kier molecular flexibility index (Phi) is 6.43. The lowest BCUT2D eigenvalue weighted by atomic mass is 10.1. The molecule has 8 nitrogen and oxygen atoms in total. The molecular weight excluding hydrogens is 430 g/mol. The molecular formula is C26H33N5O3. The first-order valence-corrected chi connectivity index (χ1v) is 12.1. The van der Waals surface area contributed by atoms with Crippen molar-refractivity contribution in [2.45, 2.75) is 26.0 Å². The van der Waals surface area contributed by atoms with Gasteiger partial charge in [0.05, 0.1) is 24.8 Å². The Morgan fingerprint density at radius 3 is 2.59 bits per heavy atom. The molecule has 1 aromatic heterocycles. The molecule has 2 saturated heterocycles. The number of anilines is 2. The third-order valence-corrected chi connectivity index (χ3v) is 6.84. The Hall–Kier alpha value is -3.10. The van der Waals surface area contributed by atoms with Crippen LogP contribution in [0.1, 0.15) is 29.4 Å². The number of hydrogen-bond acceptors (Lipinski definition) is 7. The lowest BCUT2D eigenvalue weighted by Gasteiger charge is -2.34. The molecule has 34 heavy (non-hydrogen) atoms. The van der Waals surface area contributed by atoms with Crippen molar-refractivity contribution in [1.29, 1.82) is 0 Å². The van der Waals surface area contributed by atoms with E-state index in [1.807, 2.05) is 23.7 Å². The van der Waals surface area contributed by atoms with Gasteiger partial charge in [0.15, 0.2) is 5.69 Å². The van der Waals surface area contributed by atoms with Crippen LogP contribution in [0.25, 0.3) is 10.9 Å². The van der Waals surface area contributed by atoms with E-state index < -0.39 is 5.97 Å². The number of aromatic nitrogens is 2. The molecule has 1 unspecified atom stereocenters. The maximum absolute atomic E-state index is 12.7. The van der Waals surface area contributed by atoms with Crippen molar-refractivity contribution in [2.75, 3.05) is 62.7 Å². The average molecular weight is 464 g/mol. The molecule has 180 valence electrons. The smallest absolute Gasteiger partial charge is 0.359 e. The maximum Gasteiger partial charge on any atom is 0.359 e. The summed E-state index contributed by atoms with van der Waals surface area (Å²) in [6.45, 7) is 8.21. The lowest BCUT2D eigenvalue weighted by molar-refractivity contribution is 0.0520. The number of benzene rings is 2. The minimum absolute atomic E-state index is 0.265. The SMILES string of the molecule is CCOC(=O)c1nn(Cc2cccc(N3CCC(O)C3)c2)c2cc(N3CCN(C)CC3)ccc12. The van der Waals surface area contributed by atoms with E-state index in [2.05, 4.69) is 52.1 Å². The number of carbonyl (C=O) groups is 1. The third-order valence-electron chi connectivity index (χ3n) is 6.84. The monoisotopic (exact) mass is 463 g/mol. The molecule has 2 fully saturated rings. The second-order valence-electron chi connectivity index (χ2n) is 9.28. The Balaban J connectivity index is 1.49. The molecule has 3 heterocycles. The molecule has 0 radical (unpaired) electrons. The summed E-state index contributed by atoms with van der Waals surface area (Å²) in [5.74, 6) is -0.390. The van der Waals surface area contributed by atoms with E-state index in [-0.39, 0.29) is 6.10 Å². The Morgan fingerprint density at radius 1 is 1.06 bits per heavy atom. The number of hydrogen-bond donors (Lipinski definition) is 1. The number of aliphatic hydroxyl groups is 1. The second-order valence-corrected chi connectivity index (χ2v) is 9.28. The van der Waals surface area contributed by atoms with E-state index in [1.54, 1.807) is 0 Å². The average Bonchev–Trinajstić information content (AvgIpc) is 3.43. The zero-order chi connectivity index (χ0) is 23.7. The molecule has 0 spiro atoms. The van der Waals surface area contributed by atoms with E-state index in [9.17, 15) is 9.90 Å². The van der Waals surface area contributed by atoms with Gasteiger partial charge in [-0.25, -0.2) is 4.79 Å². The first kappa shape index (κ1) is 22.7. The summed E-state index contributed by atoms with van der Waals surface area (Å²) in [4.78, 5) is 19.6. The third kappa shape index (κ3) is 4.60. The predicted molar refractivity (Wildman–Crippen MR) is 134 cm³/mol. The Labute approximate surface area is 200 Å². The first-order chi connectivity index (χ1) is 16.5. The number of β-amino-alcohol motifs (C(OH)–C–C–N with tert-alkyl or cyclic N) is 1. The van der Waals surface area contributed by atoms with Gasteiger partial charge in [0.1, 0.15) is 0 Å². The molecule has 1 atom stereocenters. The summed E-state index contributed by atoms with van der Waals surface area (Å²) < 4.78 is 7.21. The van der Waals surface area contributed by atoms with Gasteiger partial charge >= 0.3 is 5.97 Å². The molecule has 0 bridgehead atoms. The van der Waals surface area contributed by atoms with Crippen molar-refractivity contribution < 1.29 is 14.6 Å². The minimum atomic E-state index is -0.390. The highest BCUT2D eigenvalue weighted by atomic mass is 16.5. The van der Waals surface area contributed by atoms with Gasteiger partial charge in [-0.2, -0.15) is 5.10 Å². The van der Waals surface area contributed by atoms with Gasteiger partial charge < -0.3 is 24.5 Å². The molecule has 0 amide bonds. The normalized spacial score (nSPS) is 19.2. The molecule has 2 aromatic carbocycles. The number of esters is 1. The number of aliphatic hydroxyl groups excluding tert-OH is 1. The van der Waals surface area contributed by atoms with Crippen molar-refractivity contribution >= 4 is 28.2 Å². The highest BCUT2D eigenvalue weighted by molar-refractivity contribution is 6.03. The summed E-state index contributed by atoms with van der Waals surface area (Å²) in [6, 6.07) is 14.6. The van der Waals surface area contributed by atoms with Gasteiger partial charge in [0, 0.05) is 56.0 Å². The van der Waals surface area contributed by atoms with Crippen LogP contribution < -0.4 is 9.80 Å². The van der Waals surface area contributed by atoms with Crippen LogP contribution in [-0.2, 0) is 11.3 Å². The molecule has 3 aromatic rings. The van der Waals surface area contributed by atoms with Crippen LogP contribution in [0.5, 0.6) is 0 Å². The summed E-state index contributed by atoms with van der Waals surface area (Å²) in [5.41, 5.74) is 4.65. The maximum atomic E-state index is 12.7. The van der Waals surface area contributed by atoms with Crippen LogP contribution in [0.2, 0.25) is 0 Å². The zero-order valence-electron chi connectivity index (χ0n) is 20.0. The summed E-state index contributed by atoms with van der Waals surface area (Å²) in [6.07, 6.45) is 0.533. The fourth-order valence-electron chi connectivity index (χ4n) is 4.90. The molecule has 0 saturated carbocycles. The van der Waals surface area contributed by atoms with Gasteiger partial charge in [-0.1, -0.05) is 12.1 Å². The summed E-state index contributed by atoms with van der Waals surface area (Å²) >= 11 is 0. The Morgan fingerprint density at radius 2 is 1.85 bits per heavy atom. The number of nitrogens with zero attached hydrogens (tertiary/aromatic N) is 5. The van der Waals surface area contributed by atoms with Crippen LogP contribution in [0.3, 0.4) is 0 Å². The standard InChI is InChI=1S/C26H33N5O3/c1-3-34-26(33)25-23-8-7-21(29-13-11-28(2)12-14-29)16-24(23)31(27-25)17-19-5-4-6-20(15-19)30-10-9-22(32)18-30/h4-8,15-16,22,32H,3,9-14,17-18H2,1-2H3. The molecule has 0 aliphatic carbocycles. The van der Waals surface area contributed by atoms with Gasteiger partial charge in [0.25, 0.3) is 0 Å². The van der Waals surface area contributed by atoms with Crippen molar-refractivity contribution in [2.24, 2.45) is 0 Å². The van der Waals surface area contributed by atoms with Crippen LogP contribution in [0, 0.1) is 0 Å². The summed E-state index contributed by atoms with van der Waals surface area (Å²) in [7, 11) is 2.15. The molecule has 2 aliphatic rings. The summed E-state index contributed by atoms with van der Waals surface area (Å²) in [5, 5.41) is 15.4.